The number of carbonyl (C=O) groups excluding carboxylic acids is 3. The van der Waals surface area contributed by atoms with E-state index >= 15 is 0 Å². The van der Waals surface area contributed by atoms with Crippen molar-refractivity contribution in [3.05, 3.63) is 65.2 Å². The molecule has 3 fully saturated rings. The number of ether oxygens (including phenoxy) is 1. The van der Waals surface area contributed by atoms with E-state index in [2.05, 4.69) is 6.07 Å². The van der Waals surface area contributed by atoms with E-state index < -0.39 is 10.8 Å². The highest BCUT2D eigenvalue weighted by atomic mass is 32.2. The maximum Gasteiger partial charge on any atom is 0.409 e. The highest BCUT2D eigenvalue weighted by molar-refractivity contribution is 8.01. The second kappa shape index (κ2) is 11.3. The van der Waals surface area contributed by atoms with Crippen molar-refractivity contribution in [1.29, 1.82) is 5.26 Å². The van der Waals surface area contributed by atoms with Crippen LogP contribution in [0.1, 0.15) is 48.9 Å². The molecule has 5 rings (SSSR count). The van der Waals surface area contributed by atoms with Crippen LogP contribution < -0.4 is 0 Å². The Bertz CT molecular complexity index is 1260. The average Bonchev–Trinajstić information content (AvgIpc) is 3.73. The van der Waals surface area contributed by atoms with E-state index in [4.69, 9.17) is 4.74 Å². The van der Waals surface area contributed by atoms with Gasteiger partial charge in [0.15, 0.2) is 0 Å². The van der Waals surface area contributed by atoms with Gasteiger partial charge in [-0.2, -0.15) is 5.26 Å². The van der Waals surface area contributed by atoms with Gasteiger partial charge in [0, 0.05) is 37.6 Å². The molecule has 0 spiro atoms. The Hall–Kier alpha value is -3.51. The number of benzene rings is 2. The van der Waals surface area contributed by atoms with Gasteiger partial charge in [0.25, 0.3) is 0 Å². The lowest BCUT2D eigenvalue weighted by atomic mass is 9.90. The summed E-state index contributed by atoms with van der Waals surface area (Å²) >= 11 is 1.47. The third kappa shape index (κ3) is 5.62. The molecule has 1 saturated carbocycles. The molecule has 2 saturated heterocycles. The molecule has 1 aliphatic carbocycles. The first-order valence-electron chi connectivity index (χ1n) is 13.6. The van der Waals surface area contributed by atoms with E-state index in [1.54, 1.807) is 24.0 Å². The van der Waals surface area contributed by atoms with Crippen LogP contribution in [0.3, 0.4) is 0 Å². The molecule has 2 aliphatic heterocycles. The van der Waals surface area contributed by atoms with Gasteiger partial charge < -0.3 is 19.4 Å². The standard InChI is InChI=1S/C30H34N4O4S/c1-3-38-29(37)33-16-14-32(15-17-33)28(36)30(39-25-12-4-21(2)5-13-25)18-26(35)34(20-23-6-7-23)27(30)24-10-8-22(19-31)9-11-24/h4-5,8-13,23,27H,3,6-7,14-18,20H2,1-2H3. The van der Waals surface area contributed by atoms with E-state index in [9.17, 15) is 19.6 Å². The molecule has 3 amide bonds. The fraction of sp³-hybridized carbons (Fsp3) is 0.467. The van der Waals surface area contributed by atoms with Crippen molar-refractivity contribution >= 4 is 29.7 Å². The number of nitrogens with zero attached hydrogens (tertiary/aromatic N) is 4. The van der Waals surface area contributed by atoms with Gasteiger partial charge in [-0.25, -0.2) is 4.79 Å². The van der Waals surface area contributed by atoms with Crippen LogP contribution in [-0.2, 0) is 14.3 Å². The topological polar surface area (TPSA) is 93.9 Å². The van der Waals surface area contributed by atoms with E-state index in [1.165, 1.54) is 11.8 Å². The maximum absolute atomic E-state index is 14.6. The zero-order valence-electron chi connectivity index (χ0n) is 22.5. The Balaban J connectivity index is 1.53. The molecule has 0 aromatic heterocycles. The third-order valence-electron chi connectivity index (χ3n) is 7.77. The number of thioether (sulfide) groups is 1. The predicted octanol–water partition coefficient (Wildman–Crippen LogP) is 4.38. The molecule has 8 nitrogen and oxygen atoms in total. The zero-order chi connectivity index (χ0) is 27.6. The second-order valence-corrected chi connectivity index (χ2v) is 12.0. The first-order chi connectivity index (χ1) is 18.8. The van der Waals surface area contributed by atoms with Gasteiger partial charge in [0.05, 0.1) is 30.7 Å². The van der Waals surface area contributed by atoms with Crippen molar-refractivity contribution in [2.24, 2.45) is 5.92 Å². The van der Waals surface area contributed by atoms with Crippen molar-refractivity contribution in [2.75, 3.05) is 39.3 Å². The number of piperazine rings is 1. The Labute approximate surface area is 233 Å². The van der Waals surface area contributed by atoms with Crippen LogP contribution in [0.15, 0.2) is 53.4 Å². The number of nitriles is 1. The molecule has 2 heterocycles. The van der Waals surface area contributed by atoms with Gasteiger partial charge in [-0.05, 0) is 62.4 Å². The Morgan fingerprint density at radius 1 is 1.03 bits per heavy atom. The summed E-state index contributed by atoms with van der Waals surface area (Å²) in [6.45, 7) is 6.26. The third-order valence-corrected chi connectivity index (χ3v) is 9.19. The maximum atomic E-state index is 14.6. The highest BCUT2D eigenvalue weighted by Crippen LogP contribution is 2.54. The number of likely N-dealkylation sites (tertiary alicyclic amines) is 1. The Morgan fingerprint density at radius 2 is 1.67 bits per heavy atom. The first kappa shape index (κ1) is 27.1. The summed E-state index contributed by atoms with van der Waals surface area (Å²) < 4.78 is 4.07. The monoisotopic (exact) mass is 546 g/mol. The summed E-state index contributed by atoms with van der Waals surface area (Å²) in [6.07, 6.45) is 1.91. The van der Waals surface area contributed by atoms with Crippen LogP contribution in [0.5, 0.6) is 0 Å². The fourth-order valence-corrected chi connectivity index (χ4v) is 6.99. The summed E-state index contributed by atoms with van der Waals surface area (Å²) in [7, 11) is 0. The molecule has 39 heavy (non-hydrogen) atoms. The van der Waals surface area contributed by atoms with Crippen molar-refractivity contribution in [2.45, 2.75) is 48.8 Å². The van der Waals surface area contributed by atoms with Crippen LogP contribution in [-0.4, -0.2) is 76.7 Å². The van der Waals surface area contributed by atoms with Crippen molar-refractivity contribution in [3.63, 3.8) is 0 Å². The minimum atomic E-state index is -1.08. The number of amides is 3. The van der Waals surface area contributed by atoms with Gasteiger partial charge in [-0.1, -0.05) is 29.8 Å². The summed E-state index contributed by atoms with van der Waals surface area (Å²) in [4.78, 5) is 46.9. The molecule has 2 atom stereocenters. The molecule has 2 aromatic rings. The largest absolute Gasteiger partial charge is 0.450 e. The minimum Gasteiger partial charge on any atom is -0.450 e. The molecule has 2 unspecified atom stereocenters. The number of carbonyl (C=O) groups is 3. The molecular formula is C30H34N4O4S. The van der Waals surface area contributed by atoms with Gasteiger partial charge in [0.2, 0.25) is 11.8 Å². The lowest BCUT2D eigenvalue weighted by molar-refractivity contribution is -0.136. The van der Waals surface area contributed by atoms with Crippen molar-refractivity contribution < 1.29 is 19.1 Å². The number of rotatable bonds is 7. The first-order valence-corrected chi connectivity index (χ1v) is 14.4. The van der Waals surface area contributed by atoms with E-state index in [-0.39, 0.29) is 24.3 Å². The molecule has 3 aliphatic rings. The van der Waals surface area contributed by atoms with E-state index in [0.29, 0.717) is 50.8 Å². The summed E-state index contributed by atoms with van der Waals surface area (Å²) in [5, 5.41) is 9.37. The number of aryl methyl sites for hydroxylation is 1. The number of hydrogen-bond donors (Lipinski definition) is 0. The van der Waals surface area contributed by atoms with E-state index in [0.717, 1.165) is 28.9 Å². The van der Waals surface area contributed by atoms with E-state index in [1.807, 2.05) is 53.1 Å². The van der Waals surface area contributed by atoms with Gasteiger partial charge in [0.1, 0.15) is 4.75 Å². The van der Waals surface area contributed by atoms with Gasteiger partial charge >= 0.3 is 6.09 Å². The average molecular weight is 547 g/mol. The second-order valence-electron chi connectivity index (χ2n) is 10.6. The summed E-state index contributed by atoms with van der Waals surface area (Å²) in [6, 6.07) is 17.1. The molecule has 0 radical (unpaired) electrons. The minimum absolute atomic E-state index is 0.0191. The van der Waals surface area contributed by atoms with Crippen LogP contribution in [0.25, 0.3) is 0 Å². The van der Waals surface area contributed by atoms with Crippen LogP contribution in [0, 0.1) is 24.2 Å². The Kier molecular flexibility index (Phi) is 7.85. The molecule has 2 aromatic carbocycles. The van der Waals surface area contributed by atoms with Crippen molar-refractivity contribution in [3.8, 4) is 6.07 Å². The lowest BCUT2D eigenvalue weighted by Gasteiger charge is -2.42. The quantitative estimate of drug-likeness (QED) is 0.512. The molecule has 204 valence electrons. The lowest BCUT2D eigenvalue weighted by Crippen LogP contribution is -2.57. The smallest absolute Gasteiger partial charge is 0.409 e. The molecule has 0 bridgehead atoms. The number of hydrogen-bond acceptors (Lipinski definition) is 6. The van der Waals surface area contributed by atoms with Crippen LogP contribution >= 0.6 is 11.8 Å². The van der Waals surface area contributed by atoms with Crippen LogP contribution in [0.4, 0.5) is 4.79 Å². The van der Waals surface area contributed by atoms with Gasteiger partial charge in [-0.15, -0.1) is 11.8 Å². The zero-order valence-corrected chi connectivity index (χ0v) is 23.3. The predicted molar refractivity (Wildman–Crippen MR) is 148 cm³/mol. The molecular weight excluding hydrogens is 512 g/mol. The van der Waals surface area contributed by atoms with Gasteiger partial charge in [-0.3, -0.25) is 9.59 Å². The molecule has 0 N–H and O–H groups in total. The summed E-state index contributed by atoms with van der Waals surface area (Å²) in [5.74, 6) is 0.352. The van der Waals surface area contributed by atoms with Crippen molar-refractivity contribution in [1.82, 2.24) is 14.7 Å². The highest BCUT2D eigenvalue weighted by Gasteiger charge is 2.59. The Morgan fingerprint density at radius 3 is 2.26 bits per heavy atom. The molecule has 9 heteroatoms. The summed E-state index contributed by atoms with van der Waals surface area (Å²) in [5.41, 5.74) is 2.52. The fourth-order valence-electron chi connectivity index (χ4n) is 5.51. The normalized spacial score (nSPS) is 23.1. The van der Waals surface area contributed by atoms with Crippen LogP contribution in [0.2, 0.25) is 0 Å². The SMILES string of the molecule is CCOC(=O)N1CCN(C(=O)C2(Sc3ccc(C)cc3)CC(=O)N(CC3CC3)C2c2ccc(C#N)cc2)CC1.